The van der Waals surface area contributed by atoms with Crippen molar-refractivity contribution in [1.29, 1.82) is 0 Å². The lowest BCUT2D eigenvalue weighted by atomic mass is 10.0. The third kappa shape index (κ3) is 2.55. The number of aliphatic hydroxyl groups is 1. The molecular weight excluding hydrogens is 269 g/mol. The van der Waals surface area contributed by atoms with Gasteiger partial charge in [0, 0.05) is 0 Å². The van der Waals surface area contributed by atoms with Gasteiger partial charge in [0.1, 0.15) is 11.9 Å². The van der Waals surface area contributed by atoms with Crippen molar-refractivity contribution in [1.82, 2.24) is 15.0 Å². The molecular formula is C16H14FN3O. The Bertz CT molecular complexity index is 755. The van der Waals surface area contributed by atoms with E-state index in [1.54, 1.807) is 23.7 Å². The fourth-order valence-electron chi connectivity index (χ4n) is 2.21. The summed E-state index contributed by atoms with van der Waals surface area (Å²) in [6, 6.07) is 14.0. The summed E-state index contributed by atoms with van der Waals surface area (Å²) in [5, 5.41) is 18.4. The first-order valence-corrected chi connectivity index (χ1v) is 6.57. The van der Waals surface area contributed by atoms with Gasteiger partial charge >= 0.3 is 0 Å². The fraction of sp³-hybridized carbons (Fsp3) is 0.125. The Balaban J connectivity index is 2.01. The van der Waals surface area contributed by atoms with Crippen LogP contribution in [0.5, 0.6) is 0 Å². The van der Waals surface area contributed by atoms with Crippen LogP contribution < -0.4 is 0 Å². The number of benzene rings is 2. The predicted molar refractivity (Wildman–Crippen MR) is 76.6 cm³/mol. The summed E-state index contributed by atoms with van der Waals surface area (Å²) in [6.45, 7) is 1.66. The molecule has 2 aromatic carbocycles. The largest absolute Gasteiger partial charge is 0.382 e. The van der Waals surface area contributed by atoms with E-state index in [4.69, 9.17) is 0 Å². The van der Waals surface area contributed by atoms with E-state index in [1.165, 1.54) is 12.3 Å². The Morgan fingerprint density at radius 3 is 2.62 bits per heavy atom. The van der Waals surface area contributed by atoms with Crippen LogP contribution in [-0.2, 0) is 0 Å². The summed E-state index contributed by atoms with van der Waals surface area (Å²) in [5.41, 5.74) is 2.44. The second-order valence-electron chi connectivity index (χ2n) is 4.82. The molecule has 1 unspecified atom stereocenters. The molecule has 0 saturated heterocycles. The maximum Gasteiger partial charge on any atom is 0.126 e. The molecule has 1 N–H and O–H groups in total. The number of halogens is 1. The van der Waals surface area contributed by atoms with Crippen LogP contribution in [0.2, 0.25) is 0 Å². The van der Waals surface area contributed by atoms with E-state index in [0.29, 0.717) is 16.8 Å². The van der Waals surface area contributed by atoms with Crippen molar-refractivity contribution in [3.63, 3.8) is 0 Å². The maximum atomic E-state index is 13.3. The number of aryl methyl sites for hydroxylation is 1. The number of nitrogens with zero attached hydrogens (tertiary/aromatic N) is 3. The van der Waals surface area contributed by atoms with E-state index >= 15 is 0 Å². The highest BCUT2D eigenvalue weighted by molar-refractivity contribution is 5.35. The molecule has 3 aromatic rings. The Kier molecular flexibility index (Phi) is 3.50. The molecule has 0 spiro atoms. The highest BCUT2D eigenvalue weighted by Crippen LogP contribution is 2.24. The normalized spacial score (nSPS) is 12.3. The van der Waals surface area contributed by atoms with Crippen LogP contribution in [0.25, 0.3) is 5.69 Å². The van der Waals surface area contributed by atoms with Crippen LogP contribution in [0.3, 0.4) is 0 Å². The number of aliphatic hydroxyl groups excluding tert-OH is 1. The Hall–Kier alpha value is -2.53. The third-order valence-corrected chi connectivity index (χ3v) is 3.35. The quantitative estimate of drug-likeness (QED) is 0.804. The molecule has 0 saturated carbocycles. The van der Waals surface area contributed by atoms with Crippen LogP contribution in [-0.4, -0.2) is 20.1 Å². The molecule has 106 valence electrons. The van der Waals surface area contributed by atoms with Gasteiger partial charge in [-0.05, 0) is 36.2 Å². The number of aromatic nitrogens is 3. The molecule has 0 aliphatic heterocycles. The van der Waals surface area contributed by atoms with Crippen molar-refractivity contribution in [2.45, 2.75) is 13.0 Å². The van der Waals surface area contributed by atoms with Crippen molar-refractivity contribution >= 4 is 0 Å². The van der Waals surface area contributed by atoms with Gasteiger partial charge in [0.15, 0.2) is 0 Å². The summed E-state index contributed by atoms with van der Waals surface area (Å²) < 4.78 is 14.9. The van der Waals surface area contributed by atoms with Gasteiger partial charge in [-0.15, -0.1) is 5.10 Å². The van der Waals surface area contributed by atoms with Crippen LogP contribution in [0.15, 0.2) is 54.7 Å². The Labute approximate surface area is 121 Å². The van der Waals surface area contributed by atoms with Gasteiger partial charge in [-0.2, -0.15) is 0 Å². The van der Waals surface area contributed by atoms with Gasteiger partial charge in [0.05, 0.1) is 17.6 Å². The topological polar surface area (TPSA) is 50.9 Å². The van der Waals surface area contributed by atoms with Crippen LogP contribution >= 0.6 is 0 Å². The summed E-state index contributed by atoms with van der Waals surface area (Å²) in [7, 11) is 0. The van der Waals surface area contributed by atoms with E-state index in [2.05, 4.69) is 10.3 Å². The third-order valence-electron chi connectivity index (χ3n) is 3.35. The van der Waals surface area contributed by atoms with Crippen molar-refractivity contribution < 1.29 is 9.50 Å². The minimum atomic E-state index is -0.917. The second-order valence-corrected chi connectivity index (χ2v) is 4.82. The first kappa shape index (κ1) is 13.5. The van der Waals surface area contributed by atoms with E-state index in [0.717, 1.165) is 5.69 Å². The van der Waals surface area contributed by atoms with E-state index in [-0.39, 0.29) is 5.82 Å². The number of para-hydroxylation sites is 1. The van der Waals surface area contributed by atoms with Crippen molar-refractivity contribution in [2.24, 2.45) is 0 Å². The first-order valence-electron chi connectivity index (χ1n) is 6.57. The molecule has 0 radical (unpaired) electrons. The van der Waals surface area contributed by atoms with Gasteiger partial charge < -0.3 is 5.11 Å². The zero-order chi connectivity index (χ0) is 14.8. The molecule has 0 bridgehead atoms. The Morgan fingerprint density at radius 2 is 1.90 bits per heavy atom. The van der Waals surface area contributed by atoms with Gasteiger partial charge in [0.2, 0.25) is 0 Å². The average Bonchev–Trinajstić information content (AvgIpc) is 2.99. The minimum absolute atomic E-state index is 0.291. The van der Waals surface area contributed by atoms with Gasteiger partial charge in [0.25, 0.3) is 0 Å². The SMILES string of the molecule is Cc1cc(C(O)c2cnnn2-c2ccccc2)ccc1F. The monoisotopic (exact) mass is 283 g/mol. The van der Waals surface area contributed by atoms with Crippen LogP contribution in [0.4, 0.5) is 4.39 Å². The van der Waals surface area contributed by atoms with Crippen LogP contribution in [0, 0.1) is 12.7 Å². The summed E-state index contributed by atoms with van der Waals surface area (Å²) in [4.78, 5) is 0. The lowest BCUT2D eigenvalue weighted by Crippen LogP contribution is -2.09. The van der Waals surface area contributed by atoms with Crippen molar-refractivity contribution in [2.75, 3.05) is 0 Å². The summed E-state index contributed by atoms with van der Waals surface area (Å²) in [6.07, 6.45) is 0.593. The zero-order valence-corrected chi connectivity index (χ0v) is 11.4. The standard InChI is InChI=1S/C16H14FN3O/c1-11-9-12(7-8-14(11)17)16(21)15-10-18-19-20(15)13-5-3-2-4-6-13/h2-10,16,21H,1H3. The highest BCUT2D eigenvalue weighted by Gasteiger charge is 2.18. The van der Waals surface area contributed by atoms with E-state index in [1.807, 2.05) is 30.3 Å². The van der Waals surface area contributed by atoms with Crippen LogP contribution in [0.1, 0.15) is 22.9 Å². The van der Waals surface area contributed by atoms with E-state index < -0.39 is 6.10 Å². The summed E-state index contributed by atoms with van der Waals surface area (Å²) in [5.74, 6) is -0.291. The molecule has 0 aliphatic rings. The van der Waals surface area contributed by atoms with E-state index in [9.17, 15) is 9.50 Å². The lowest BCUT2D eigenvalue weighted by Gasteiger charge is -2.13. The second kappa shape index (κ2) is 5.46. The number of rotatable bonds is 3. The molecule has 1 heterocycles. The zero-order valence-electron chi connectivity index (χ0n) is 11.4. The number of hydrogen-bond donors (Lipinski definition) is 1. The maximum absolute atomic E-state index is 13.3. The average molecular weight is 283 g/mol. The molecule has 21 heavy (non-hydrogen) atoms. The Morgan fingerprint density at radius 1 is 1.14 bits per heavy atom. The van der Waals surface area contributed by atoms with Gasteiger partial charge in [-0.25, -0.2) is 9.07 Å². The number of hydrogen-bond acceptors (Lipinski definition) is 3. The summed E-state index contributed by atoms with van der Waals surface area (Å²) >= 11 is 0. The van der Waals surface area contributed by atoms with Gasteiger partial charge in [-0.1, -0.05) is 35.5 Å². The molecule has 5 heteroatoms. The lowest BCUT2D eigenvalue weighted by molar-refractivity contribution is 0.212. The molecule has 0 fully saturated rings. The molecule has 1 atom stereocenters. The minimum Gasteiger partial charge on any atom is -0.382 e. The molecule has 0 aliphatic carbocycles. The fourth-order valence-corrected chi connectivity index (χ4v) is 2.21. The molecule has 4 nitrogen and oxygen atoms in total. The molecule has 0 amide bonds. The highest BCUT2D eigenvalue weighted by atomic mass is 19.1. The smallest absolute Gasteiger partial charge is 0.126 e. The molecule has 3 rings (SSSR count). The van der Waals surface area contributed by atoms with Crippen molar-refractivity contribution in [3.05, 3.63) is 77.4 Å². The molecule has 1 aromatic heterocycles. The van der Waals surface area contributed by atoms with Gasteiger partial charge in [-0.3, -0.25) is 0 Å². The first-order chi connectivity index (χ1) is 10.2. The van der Waals surface area contributed by atoms with Crippen molar-refractivity contribution in [3.8, 4) is 5.69 Å². The predicted octanol–water partition coefficient (Wildman–Crippen LogP) is 2.80.